The van der Waals surface area contributed by atoms with Crippen LogP contribution in [0, 0.1) is 0 Å². The third-order valence-corrected chi connectivity index (χ3v) is 2.75. The molecule has 3 heteroatoms. The van der Waals surface area contributed by atoms with Crippen molar-refractivity contribution in [2.24, 2.45) is 0 Å². The van der Waals surface area contributed by atoms with Crippen molar-refractivity contribution < 1.29 is 5.11 Å². The van der Waals surface area contributed by atoms with E-state index < -0.39 is 0 Å². The van der Waals surface area contributed by atoms with Crippen molar-refractivity contribution in [1.82, 2.24) is 4.98 Å². The quantitative estimate of drug-likeness (QED) is 0.814. The zero-order chi connectivity index (χ0) is 9.97. The van der Waals surface area contributed by atoms with E-state index in [1.807, 2.05) is 17.5 Å². The number of benzene rings is 1. The van der Waals surface area contributed by atoms with Crippen LogP contribution in [-0.4, -0.2) is 10.1 Å². The molecule has 0 aliphatic rings. The number of hydrogen-bond acceptors (Lipinski definition) is 3. The lowest BCUT2D eigenvalue weighted by atomic mass is 10.1. The van der Waals surface area contributed by atoms with Crippen LogP contribution < -0.4 is 0 Å². The summed E-state index contributed by atoms with van der Waals surface area (Å²) in [6.45, 7) is 3.92. The third-order valence-electron chi connectivity index (χ3n) is 1.92. The summed E-state index contributed by atoms with van der Waals surface area (Å²) in [4.78, 5) is 4.14. The van der Waals surface area contributed by atoms with Gasteiger partial charge in [-0.1, -0.05) is 24.8 Å². The zero-order valence-corrected chi connectivity index (χ0v) is 8.29. The Labute approximate surface area is 86.2 Å². The molecule has 2 nitrogen and oxygen atoms in total. The van der Waals surface area contributed by atoms with E-state index in [9.17, 15) is 5.11 Å². The van der Waals surface area contributed by atoms with Crippen LogP contribution in [0.5, 0.6) is 5.75 Å². The maximum absolute atomic E-state index is 9.60. The second-order valence-electron chi connectivity index (χ2n) is 2.83. The Morgan fingerprint density at radius 2 is 2.14 bits per heavy atom. The Morgan fingerprint density at radius 3 is 2.79 bits per heavy atom. The van der Waals surface area contributed by atoms with Crippen LogP contribution in [0.15, 0.2) is 42.4 Å². The van der Waals surface area contributed by atoms with Gasteiger partial charge in [0, 0.05) is 22.7 Å². The van der Waals surface area contributed by atoms with E-state index in [4.69, 9.17) is 0 Å². The highest BCUT2D eigenvalue weighted by molar-refractivity contribution is 7.10. The highest BCUT2D eigenvalue weighted by Gasteiger charge is 2.07. The molecule has 0 bridgehead atoms. The number of aromatic hydroxyl groups is 1. The fraction of sp³-hybridized carbons (Fsp3) is 0. The number of phenols is 1. The van der Waals surface area contributed by atoms with Gasteiger partial charge in [-0.05, 0) is 6.07 Å². The Bertz CT molecular complexity index is 448. The van der Waals surface area contributed by atoms with Crippen LogP contribution in [0.4, 0.5) is 0 Å². The third kappa shape index (κ3) is 1.54. The molecule has 0 saturated carbocycles. The predicted molar refractivity (Wildman–Crippen MR) is 58.4 cm³/mol. The molecule has 0 saturated heterocycles. The molecule has 14 heavy (non-hydrogen) atoms. The standard InChI is InChI=1S/C11H9NOS/c1-8(11-12-6-7-14-11)9-4-2-3-5-10(9)13/h2-7,13H,1H2. The van der Waals surface area contributed by atoms with Crippen molar-refractivity contribution in [2.75, 3.05) is 0 Å². The van der Waals surface area contributed by atoms with Crippen molar-refractivity contribution in [1.29, 1.82) is 0 Å². The number of nitrogens with zero attached hydrogens (tertiary/aromatic N) is 1. The minimum absolute atomic E-state index is 0.243. The Balaban J connectivity index is 2.42. The summed E-state index contributed by atoms with van der Waals surface area (Å²) >= 11 is 1.51. The second-order valence-corrected chi connectivity index (χ2v) is 3.73. The highest BCUT2D eigenvalue weighted by atomic mass is 32.1. The van der Waals surface area contributed by atoms with E-state index in [0.717, 1.165) is 16.1 Å². The van der Waals surface area contributed by atoms with Crippen LogP contribution in [0.25, 0.3) is 5.57 Å². The van der Waals surface area contributed by atoms with E-state index in [2.05, 4.69) is 11.6 Å². The molecular formula is C11H9NOS. The molecule has 0 unspecified atom stereocenters. The van der Waals surface area contributed by atoms with Gasteiger partial charge in [0.25, 0.3) is 0 Å². The maximum Gasteiger partial charge on any atom is 0.123 e. The molecule has 70 valence electrons. The normalized spacial score (nSPS) is 10.0. The van der Waals surface area contributed by atoms with E-state index in [0.29, 0.717) is 0 Å². The van der Waals surface area contributed by atoms with E-state index in [-0.39, 0.29) is 5.75 Å². The Kier molecular flexibility index (Phi) is 2.33. The number of thiazole rings is 1. The van der Waals surface area contributed by atoms with Crippen LogP contribution in [0.2, 0.25) is 0 Å². The largest absolute Gasteiger partial charge is 0.507 e. The van der Waals surface area contributed by atoms with Crippen LogP contribution in [-0.2, 0) is 0 Å². The fourth-order valence-corrected chi connectivity index (χ4v) is 1.84. The van der Waals surface area contributed by atoms with Gasteiger partial charge >= 0.3 is 0 Å². The van der Waals surface area contributed by atoms with Crippen molar-refractivity contribution in [3.63, 3.8) is 0 Å². The molecule has 0 aliphatic heterocycles. The number of phenolic OH excluding ortho intramolecular Hbond substituents is 1. The van der Waals surface area contributed by atoms with Gasteiger partial charge in [-0.25, -0.2) is 4.98 Å². The van der Waals surface area contributed by atoms with Crippen LogP contribution >= 0.6 is 11.3 Å². The van der Waals surface area contributed by atoms with Gasteiger partial charge in [0.2, 0.25) is 0 Å². The summed E-state index contributed by atoms with van der Waals surface area (Å²) in [5.41, 5.74) is 1.50. The fourth-order valence-electron chi connectivity index (χ4n) is 1.22. The average Bonchev–Trinajstić information content (AvgIpc) is 2.70. The van der Waals surface area contributed by atoms with Crippen molar-refractivity contribution in [3.8, 4) is 5.75 Å². The number of hydrogen-bond donors (Lipinski definition) is 1. The minimum atomic E-state index is 0.243. The first-order chi connectivity index (χ1) is 6.79. The maximum atomic E-state index is 9.60. The van der Waals surface area contributed by atoms with Crippen molar-refractivity contribution >= 4 is 16.9 Å². The highest BCUT2D eigenvalue weighted by Crippen LogP contribution is 2.29. The lowest BCUT2D eigenvalue weighted by molar-refractivity contribution is 0.473. The van der Waals surface area contributed by atoms with E-state index in [1.165, 1.54) is 11.3 Å². The Morgan fingerprint density at radius 1 is 1.36 bits per heavy atom. The summed E-state index contributed by atoms with van der Waals surface area (Å²) in [5, 5.41) is 12.3. The number of rotatable bonds is 2. The summed E-state index contributed by atoms with van der Waals surface area (Å²) in [7, 11) is 0. The molecule has 2 rings (SSSR count). The molecule has 0 aliphatic carbocycles. The first-order valence-corrected chi connectivity index (χ1v) is 5.04. The molecule has 1 heterocycles. The van der Waals surface area contributed by atoms with Gasteiger partial charge in [-0.2, -0.15) is 0 Å². The molecule has 0 spiro atoms. The molecular weight excluding hydrogens is 194 g/mol. The summed E-state index contributed by atoms with van der Waals surface area (Å²) in [6.07, 6.45) is 1.73. The lowest BCUT2D eigenvalue weighted by Gasteiger charge is -2.04. The summed E-state index contributed by atoms with van der Waals surface area (Å²) in [6, 6.07) is 7.13. The SMILES string of the molecule is C=C(c1nccs1)c1ccccc1O. The molecule has 2 aromatic rings. The molecule has 1 N–H and O–H groups in total. The van der Waals surface area contributed by atoms with Gasteiger partial charge in [0.1, 0.15) is 10.8 Å². The predicted octanol–water partition coefficient (Wildman–Crippen LogP) is 2.91. The zero-order valence-electron chi connectivity index (χ0n) is 7.47. The van der Waals surface area contributed by atoms with Crippen molar-refractivity contribution in [2.45, 2.75) is 0 Å². The van der Waals surface area contributed by atoms with Crippen LogP contribution in [0.3, 0.4) is 0 Å². The first-order valence-electron chi connectivity index (χ1n) is 4.16. The van der Waals surface area contributed by atoms with E-state index in [1.54, 1.807) is 18.3 Å². The topological polar surface area (TPSA) is 33.1 Å². The van der Waals surface area contributed by atoms with Gasteiger partial charge < -0.3 is 5.11 Å². The second kappa shape index (κ2) is 3.64. The molecule has 0 atom stereocenters. The molecule has 0 fully saturated rings. The van der Waals surface area contributed by atoms with Crippen LogP contribution in [0.1, 0.15) is 10.6 Å². The van der Waals surface area contributed by atoms with Crippen molar-refractivity contribution in [3.05, 3.63) is 53.0 Å². The van der Waals surface area contributed by atoms with Gasteiger partial charge in [0.15, 0.2) is 0 Å². The molecule has 1 aromatic carbocycles. The smallest absolute Gasteiger partial charge is 0.123 e. The molecule has 0 amide bonds. The summed E-state index contributed by atoms with van der Waals surface area (Å²) in [5.74, 6) is 0.243. The molecule has 1 aromatic heterocycles. The van der Waals surface area contributed by atoms with Gasteiger partial charge in [-0.15, -0.1) is 11.3 Å². The average molecular weight is 203 g/mol. The molecule has 0 radical (unpaired) electrons. The van der Waals surface area contributed by atoms with Gasteiger partial charge in [0.05, 0.1) is 0 Å². The first kappa shape index (κ1) is 8.97. The van der Waals surface area contributed by atoms with Gasteiger partial charge in [-0.3, -0.25) is 0 Å². The Hall–Kier alpha value is -1.61. The summed E-state index contributed by atoms with van der Waals surface area (Å²) < 4.78 is 0. The monoisotopic (exact) mass is 203 g/mol. The minimum Gasteiger partial charge on any atom is -0.507 e. The number of para-hydroxylation sites is 1. The number of aromatic nitrogens is 1. The lowest BCUT2D eigenvalue weighted by Crippen LogP contribution is -1.85. The van der Waals surface area contributed by atoms with E-state index >= 15 is 0 Å².